The van der Waals surface area contributed by atoms with E-state index in [2.05, 4.69) is 60.7 Å². The van der Waals surface area contributed by atoms with E-state index in [1.165, 1.54) is 56.1 Å². The quantitative estimate of drug-likeness (QED) is 0.646. The standard InChI is InChI=1S/C26H35NO/c27-26(28)24-19-13-5-3-1-2-4-8-18-23(21-14-9-6-10-15-21)20-25(24)22-16-11-7-12-17-22/h6-7,9-12,14-17,23-25H,1-5,8,13,18-20H2,(H2,27,28). The Morgan fingerprint density at radius 1 is 0.679 bits per heavy atom. The number of carbonyl (C=O) groups excluding carboxylic acids is 1. The lowest BCUT2D eigenvalue weighted by atomic mass is 9.74. The van der Waals surface area contributed by atoms with E-state index in [4.69, 9.17) is 5.73 Å². The summed E-state index contributed by atoms with van der Waals surface area (Å²) in [5.41, 5.74) is 8.62. The van der Waals surface area contributed by atoms with E-state index in [1.807, 2.05) is 0 Å². The third-order valence-electron chi connectivity index (χ3n) is 6.46. The van der Waals surface area contributed by atoms with Gasteiger partial charge in [-0.25, -0.2) is 0 Å². The molecule has 0 spiro atoms. The summed E-state index contributed by atoms with van der Waals surface area (Å²) in [7, 11) is 0. The van der Waals surface area contributed by atoms with Crippen LogP contribution in [0.2, 0.25) is 0 Å². The number of hydrogen-bond acceptors (Lipinski definition) is 1. The third-order valence-corrected chi connectivity index (χ3v) is 6.46. The summed E-state index contributed by atoms with van der Waals surface area (Å²) in [4.78, 5) is 12.5. The zero-order valence-corrected chi connectivity index (χ0v) is 17.1. The molecule has 0 saturated heterocycles. The Balaban J connectivity index is 1.92. The molecule has 2 N–H and O–H groups in total. The smallest absolute Gasteiger partial charge is 0.221 e. The van der Waals surface area contributed by atoms with E-state index in [0.29, 0.717) is 5.92 Å². The topological polar surface area (TPSA) is 43.1 Å². The molecule has 1 aliphatic carbocycles. The summed E-state index contributed by atoms with van der Waals surface area (Å²) in [6.45, 7) is 0. The Kier molecular flexibility index (Phi) is 8.14. The molecule has 0 aliphatic heterocycles. The Hall–Kier alpha value is -2.09. The highest BCUT2D eigenvalue weighted by Gasteiger charge is 2.30. The molecule has 2 aromatic rings. The van der Waals surface area contributed by atoms with E-state index < -0.39 is 0 Å². The van der Waals surface area contributed by atoms with Gasteiger partial charge in [-0.05, 0) is 42.2 Å². The highest BCUT2D eigenvalue weighted by Crippen LogP contribution is 2.40. The lowest BCUT2D eigenvalue weighted by Crippen LogP contribution is -2.30. The van der Waals surface area contributed by atoms with Gasteiger partial charge >= 0.3 is 0 Å². The first-order chi connectivity index (χ1) is 13.8. The van der Waals surface area contributed by atoms with E-state index in [1.54, 1.807) is 0 Å². The minimum Gasteiger partial charge on any atom is -0.369 e. The minimum absolute atomic E-state index is 0.0747. The number of benzene rings is 2. The summed E-state index contributed by atoms with van der Waals surface area (Å²) < 4.78 is 0. The van der Waals surface area contributed by atoms with Gasteiger partial charge in [0.05, 0.1) is 0 Å². The van der Waals surface area contributed by atoms with Crippen LogP contribution in [0.15, 0.2) is 60.7 Å². The minimum atomic E-state index is -0.129. The maximum atomic E-state index is 12.5. The molecule has 28 heavy (non-hydrogen) atoms. The largest absolute Gasteiger partial charge is 0.369 e. The monoisotopic (exact) mass is 377 g/mol. The third kappa shape index (κ3) is 5.95. The lowest BCUT2D eigenvalue weighted by Gasteiger charge is -2.30. The molecule has 1 amide bonds. The van der Waals surface area contributed by atoms with Gasteiger partial charge in [0.2, 0.25) is 5.91 Å². The maximum absolute atomic E-state index is 12.5. The number of nitrogens with two attached hydrogens (primary N) is 1. The fourth-order valence-corrected chi connectivity index (χ4v) is 4.87. The molecule has 2 heteroatoms. The van der Waals surface area contributed by atoms with Crippen molar-refractivity contribution in [2.45, 2.75) is 76.0 Å². The van der Waals surface area contributed by atoms with Crippen molar-refractivity contribution in [3.05, 3.63) is 71.8 Å². The average Bonchev–Trinajstić information content (AvgIpc) is 2.75. The lowest BCUT2D eigenvalue weighted by molar-refractivity contribution is -0.122. The second-order valence-corrected chi connectivity index (χ2v) is 8.42. The predicted molar refractivity (Wildman–Crippen MR) is 117 cm³/mol. The van der Waals surface area contributed by atoms with Gasteiger partial charge in [0.15, 0.2) is 0 Å². The van der Waals surface area contributed by atoms with Gasteiger partial charge in [-0.15, -0.1) is 0 Å². The van der Waals surface area contributed by atoms with Crippen molar-refractivity contribution < 1.29 is 4.79 Å². The summed E-state index contributed by atoms with van der Waals surface area (Å²) in [6.07, 6.45) is 11.9. The molecule has 1 saturated carbocycles. The van der Waals surface area contributed by atoms with Crippen molar-refractivity contribution in [1.29, 1.82) is 0 Å². The molecule has 0 bridgehead atoms. The Morgan fingerprint density at radius 2 is 1.18 bits per heavy atom. The first-order valence-electron chi connectivity index (χ1n) is 11.1. The molecule has 0 heterocycles. The van der Waals surface area contributed by atoms with Crippen LogP contribution in [-0.2, 0) is 4.79 Å². The Morgan fingerprint density at radius 3 is 1.75 bits per heavy atom. The SMILES string of the molecule is NC(=O)C1CCCCCCCCCC(c2ccccc2)CC1c1ccccc1. The van der Waals surface area contributed by atoms with Crippen LogP contribution in [0.25, 0.3) is 0 Å². The highest BCUT2D eigenvalue weighted by molar-refractivity contribution is 5.77. The second-order valence-electron chi connectivity index (χ2n) is 8.42. The molecule has 2 nitrogen and oxygen atoms in total. The molecule has 1 fully saturated rings. The van der Waals surface area contributed by atoms with Crippen molar-refractivity contribution in [3.8, 4) is 0 Å². The van der Waals surface area contributed by atoms with Crippen LogP contribution < -0.4 is 5.73 Å². The molecule has 3 rings (SSSR count). The van der Waals surface area contributed by atoms with Gasteiger partial charge in [-0.2, -0.15) is 0 Å². The Bertz CT molecular complexity index is 697. The van der Waals surface area contributed by atoms with Crippen molar-refractivity contribution >= 4 is 5.91 Å². The van der Waals surface area contributed by atoms with Crippen LogP contribution in [0, 0.1) is 5.92 Å². The number of amides is 1. The van der Waals surface area contributed by atoms with Gasteiger partial charge < -0.3 is 5.73 Å². The number of rotatable bonds is 3. The highest BCUT2D eigenvalue weighted by atomic mass is 16.1. The molecule has 2 aromatic carbocycles. The van der Waals surface area contributed by atoms with Gasteiger partial charge in [0.1, 0.15) is 0 Å². The van der Waals surface area contributed by atoms with Crippen LogP contribution in [-0.4, -0.2) is 5.91 Å². The van der Waals surface area contributed by atoms with Gasteiger partial charge in [0, 0.05) is 5.92 Å². The number of primary amides is 1. The molecular formula is C26H35NO. The summed E-state index contributed by atoms with van der Waals surface area (Å²) in [5, 5.41) is 0. The second kappa shape index (κ2) is 11.0. The van der Waals surface area contributed by atoms with Crippen LogP contribution in [0.1, 0.15) is 87.2 Å². The number of hydrogen-bond donors (Lipinski definition) is 1. The zero-order valence-electron chi connectivity index (χ0n) is 17.1. The van der Waals surface area contributed by atoms with Gasteiger partial charge in [0.25, 0.3) is 0 Å². The van der Waals surface area contributed by atoms with Crippen molar-refractivity contribution in [3.63, 3.8) is 0 Å². The summed E-state index contributed by atoms with van der Waals surface area (Å²) in [6, 6.07) is 21.5. The first-order valence-corrected chi connectivity index (χ1v) is 11.1. The van der Waals surface area contributed by atoms with Crippen LogP contribution in [0.4, 0.5) is 0 Å². The van der Waals surface area contributed by atoms with E-state index in [0.717, 1.165) is 19.3 Å². The first kappa shape index (κ1) is 20.6. The molecular weight excluding hydrogens is 342 g/mol. The molecule has 0 radical (unpaired) electrons. The fraction of sp³-hybridized carbons (Fsp3) is 0.500. The molecule has 150 valence electrons. The summed E-state index contributed by atoms with van der Waals surface area (Å²) in [5.74, 6) is 0.476. The molecule has 0 aromatic heterocycles. The maximum Gasteiger partial charge on any atom is 0.221 e. The fourth-order valence-electron chi connectivity index (χ4n) is 4.87. The normalized spacial score (nSPS) is 25.1. The van der Waals surface area contributed by atoms with E-state index in [9.17, 15) is 4.79 Å². The van der Waals surface area contributed by atoms with Crippen LogP contribution in [0.3, 0.4) is 0 Å². The van der Waals surface area contributed by atoms with Crippen molar-refractivity contribution in [2.24, 2.45) is 11.7 Å². The predicted octanol–water partition coefficient (Wildman–Crippen LogP) is 6.57. The molecule has 3 unspecified atom stereocenters. The molecule has 3 atom stereocenters. The van der Waals surface area contributed by atoms with Gasteiger partial charge in [-0.3, -0.25) is 4.79 Å². The summed E-state index contributed by atoms with van der Waals surface area (Å²) >= 11 is 0. The van der Waals surface area contributed by atoms with Crippen LogP contribution >= 0.6 is 0 Å². The number of carbonyl (C=O) groups is 1. The van der Waals surface area contributed by atoms with Crippen LogP contribution in [0.5, 0.6) is 0 Å². The zero-order chi connectivity index (χ0) is 19.6. The van der Waals surface area contributed by atoms with E-state index >= 15 is 0 Å². The van der Waals surface area contributed by atoms with E-state index in [-0.39, 0.29) is 17.7 Å². The van der Waals surface area contributed by atoms with Gasteiger partial charge in [-0.1, -0.05) is 106 Å². The van der Waals surface area contributed by atoms with Crippen molar-refractivity contribution in [2.75, 3.05) is 0 Å². The average molecular weight is 378 g/mol. The molecule has 1 aliphatic rings. The Labute approximate surface area is 170 Å². The van der Waals surface area contributed by atoms with Crippen molar-refractivity contribution in [1.82, 2.24) is 0 Å².